The molecular formula is C12H22O4. The van der Waals surface area contributed by atoms with Crippen LogP contribution in [0.15, 0.2) is 0 Å². The van der Waals surface area contributed by atoms with E-state index >= 15 is 0 Å². The molecule has 2 N–H and O–H groups in total. The highest BCUT2D eigenvalue weighted by molar-refractivity contribution is 5.92. The molecule has 0 spiro atoms. The number of carboxylic acids is 2. The van der Waals surface area contributed by atoms with Crippen molar-refractivity contribution in [2.45, 2.75) is 47.0 Å². The van der Waals surface area contributed by atoms with Crippen molar-refractivity contribution in [3.8, 4) is 0 Å². The van der Waals surface area contributed by atoms with Crippen molar-refractivity contribution in [1.82, 2.24) is 0 Å². The minimum Gasteiger partial charge on any atom is -0.481 e. The molecule has 94 valence electrons. The molecular weight excluding hydrogens is 208 g/mol. The third kappa shape index (κ3) is 4.64. The van der Waals surface area contributed by atoms with E-state index in [4.69, 9.17) is 10.2 Å². The summed E-state index contributed by atoms with van der Waals surface area (Å²) in [6.45, 7) is 8.09. The molecule has 0 heterocycles. The molecule has 0 aliphatic heterocycles. The summed E-state index contributed by atoms with van der Waals surface area (Å²) in [5, 5.41) is 17.7. The molecule has 0 aliphatic carbocycles. The van der Waals surface area contributed by atoms with Gasteiger partial charge in [0.2, 0.25) is 0 Å². The Morgan fingerprint density at radius 2 is 1.56 bits per heavy atom. The molecule has 0 aromatic carbocycles. The summed E-state index contributed by atoms with van der Waals surface area (Å²) in [5.74, 6) is -3.64. The molecule has 1 atom stereocenters. The van der Waals surface area contributed by atoms with Crippen LogP contribution in [0, 0.1) is 17.3 Å². The highest BCUT2D eigenvalue weighted by atomic mass is 16.4. The van der Waals surface area contributed by atoms with Gasteiger partial charge in [-0.05, 0) is 17.8 Å². The van der Waals surface area contributed by atoms with Crippen LogP contribution in [0.25, 0.3) is 0 Å². The van der Waals surface area contributed by atoms with E-state index in [1.165, 1.54) is 0 Å². The lowest BCUT2D eigenvalue weighted by atomic mass is 9.73. The minimum absolute atomic E-state index is 0.0564. The van der Waals surface area contributed by atoms with Gasteiger partial charge in [0.1, 0.15) is 0 Å². The fourth-order valence-electron chi connectivity index (χ4n) is 1.84. The lowest BCUT2D eigenvalue weighted by Crippen LogP contribution is -2.30. The first-order chi connectivity index (χ1) is 7.20. The predicted molar refractivity (Wildman–Crippen MR) is 61.2 cm³/mol. The van der Waals surface area contributed by atoms with E-state index in [-0.39, 0.29) is 17.8 Å². The maximum atomic E-state index is 10.8. The van der Waals surface area contributed by atoms with Gasteiger partial charge in [-0.15, -0.1) is 0 Å². The normalized spacial score (nSPS) is 13.8. The summed E-state index contributed by atoms with van der Waals surface area (Å²) in [7, 11) is 0. The van der Waals surface area contributed by atoms with Crippen molar-refractivity contribution >= 4 is 11.9 Å². The van der Waals surface area contributed by atoms with Gasteiger partial charge in [-0.3, -0.25) is 9.59 Å². The van der Waals surface area contributed by atoms with Crippen molar-refractivity contribution in [1.29, 1.82) is 0 Å². The van der Waals surface area contributed by atoms with E-state index in [0.29, 0.717) is 0 Å². The summed E-state index contributed by atoms with van der Waals surface area (Å²) in [6.07, 6.45) is 2.01. The smallest absolute Gasteiger partial charge is 0.317 e. The SMILES string of the molecule is CCCC(CC(C(=O)O)C(=O)O)C(C)(C)C. The average molecular weight is 230 g/mol. The number of carbonyl (C=O) groups is 2. The summed E-state index contributed by atoms with van der Waals surface area (Å²) in [5.41, 5.74) is -0.0564. The zero-order valence-electron chi connectivity index (χ0n) is 10.5. The number of carboxylic acid groups (broad SMARTS) is 2. The topological polar surface area (TPSA) is 74.6 Å². The maximum absolute atomic E-state index is 10.8. The van der Waals surface area contributed by atoms with Gasteiger partial charge in [-0.2, -0.15) is 0 Å². The second-order valence-electron chi connectivity index (χ2n) is 5.32. The lowest BCUT2D eigenvalue weighted by Gasteiger charge is -2.31. The van der Waals surface area contributed by atoms with Crippen LogP contribution in [0.1, 0.15) is 47.0 Å². The molecule has 0 radical (unpaired) electrons. The molecule has 0 aromatic heterocycles. The van der Waals surface area contributed by atoms with Gasteiger partial charge in [-0.25, -0.2) is 0 Å². The number of hydrogen-bond acceptors (Lipinski definition) is 2. The predicted octanol–water partition coefficient (Wildman–Crippen LogP) is 2.62. The number of aliphatic carboxylic acids is 2. The van der Waals surface area contributed by atoms with Crippen LogP contribution in [-0.4, -0.2) is 22.2 Å². The number of hydrogen-bond donors (Lipinski definition) is 2. The van der Waals surface area contributed by atoms with Gasteiger partial charge >= 0.3 is 11.9 Å². The van der Waals surface area contributed by atoms with Crippen molar-refractivity contribution in [3.05, 3.63) is 0 Å². The van der Waals surface area contributed by atoms with Gasteiger partial charge in [0.25, 0.3) is 0 Å². The van der Waals surface area contributed by atoms with Gasteiger partial charge in [0, 0.05) is 0 Å². The van der Waals surface area contributed by atoms with Crippen molar-refractivity contribution < 1.29 is 19.8 Å². The molecule has 0 rings (SSSR count). The van der Waals surface area contributed by atoms with Crippen LogP contribution in [0.4, 0.5) is 0 Å². The Morgan fingerprint density at radius 3 is 1.81 bits per heavy atom. The Kier molecular flexibility index (Phi) is 5.48. The Balaban J connectivity index is 4.71. The van der Waals surface area contributed by atoms with Gasteiger partial charge in [0.15, 0.2) is 5.92 Å². The van der Waals surface area contributed by atoms with Crippen LogP contribution in [-0.2, 0) is 9.59 Å². The standard InChI is InChI=1S/C12H22O4/c1-5-6-8(12(2,3)4)7-9(10(13)14)11(15)16/h8-9H,5-7H2,1-4H3,(H,13,14)(H,15,16). The minimum atomic E-state index is -1.28. The quantitative estimate of drug-likeness (QED) is 0.688. The molecule has 0 amide bonds. The van der Waals surface area contributed by atoms with Crippen molar-refractivity contribution in [3.63, 3.8) is 0 Å². The van der Waals surface area contributed by atoms with E-state index in [1.54, 1.807) is 0 Å². The largest absolute Gasteiger partial charge is 0.481 e. The van der Waals surface area contributed by atoms with Crippen LogP contribution >= 0.6 is 0 Å². The molecule has 0 saturated heterocycles. The molecule has 4 heteroatoms. The van der Waals surface area contributed by atoms with Crippen LogP contribution in [0.3, 0.4) is 0 Å². The molecule has 0 bridgehead atoms. The first-order valence-corrected chi connectivity index (χ1v) is 5.65. The van der Waals surface area contributed by atoms with Crippen LogP contribution < -0.4 is 0 Å². The van der Waals surface area contributed by atoms with Crippen LogP contribution in [0.2, 0.25) is 0 Å². The first-order valence-electron chi connectivity index (χ1n) is 5.65. The van der Waals surface area contributed by atoms with E-state index in [1.807, 2.05) is 27.7 Å². The van der Waals surface area contributed by atoms with E-state index in [9.17, 15) is 9.59 Å². The molecule has 0 fully saturated rings. The summed E-state index contributed by atoms with van der Waals surface area (Å²) < 4.78 is 0. The summed E-state index contributed by atoms with van der Waals surface area (Å²) in [4.78, 5) is 21.7. The fourth-order valence-corrected chi connectivity index (χ4v) is 1.84. The zero-order chi connectivity index (χ0) is 12.9. The molecule has 0 aliphatic rings. The third-order valence-corrected chi connectivity index (χ3v) is 2.98. The Morgan fingerprint density at radius 1 is 1.12 bits per heavy atom. The second kappa shape index (κ2) is 5.87. The summed E-state index contributed by atoms with van der Waals surface area (Å²) in [6, 6.07) is 0. The molecule has 16 heavy (non-hydrogen) atoms. The lowest BCUT2D eigenvalue weighted by molar-refractivity contribution is -0.155. The Bertz CT molecular complexity index is 238. The average Bonchev–Trinajstić information content (AvgIpc) is 2.08. The second-order valence-corrected chi connectivity index (χ2v) is 5.32. The molecule has 4 nitrogen and oxygen atoms in total. The molecule has 1 unspecified atom stereocenters. The third-order valence-electron chi connectivity index (χ3n) is 2.98. The molecule has 0 aromatic rings. The van der Waals surface area contributed by atoms with E-state index in [2.05, 4.69) is 0 Å². The highest BCUT2D eigenvalue weighted by Crippen LogP contribution is 2.34. The maximum Gasteiger partial charge on any atom is 0.317 e. The fraction of sp³-hybridized carbons (Fsp3) is 0.833. The van der Waals surface area contributed by atoms with Crippen LogP contribution in [0.5, 0.6) is 0 Å². The van der Waals surface area contributed by atoms with E-state index in [0.717, 1.165) is 12.8 Å². The van der Waals surface area contributed by atoms with Crippen molar-refractivity contribution in [2.24, 2.45) is 17.3 Å². The Labute approximate surface area is 96.7 Å². The van der Waals surface area contributed by atoms with Gasteiger partial charge < -0.3 is 10.2 Å². The monoisotopic (exact) mass is 230 g/mol. The summed E-state index contributed by atoms with van der Waals surface area (Å²) >= 11 is 0. The van der Waals surface area contributed by atoms with Crippen molar-refractivity contribution in [2.75, 3.05) is 0 Å². The molecule has 0 saturated carbocycles. The Hall–Kier alpha value is -1.06. The number of rotatable bonds is 6. The first kappa shape index (κ1) is 14.9. The van der Waals surface area contributed by atoms with Gasteiger partial charge in [-0.1, -0.05) is 40.5 Å². The van der Waals surface area contributed by atoms with Gasteiger partial charge in [0.05, 0.1) is 0 Å². The highest BCUT2D eigenvalue weighted by Gasteiger charge is 2.33. The van der Waals surface area contributed by atoms with E-state index < -0.39 is 17.9 Å². The zero-order valence-corrected chi connectivity index (χ0v) is 10.5.